The molecule has 0 atom stereocenters. The van der Waals surface area contributed by atoms with Gasteiger partial charge < -0.3 is 5.32 Å². The zero-order valence-corrected chi connectivity index (χ0v) is 14.6. The third-order valence-corrected chi connectivity index (χ3v) is 5.26. The molecule has 6 heteroatoms. The van der Waals surface area contributed by atoms with Gasteiger partial charge >= 0.3 is 0 Å². The zero-order chi connectivity index (χ0) is 17.7. The summed E-state index contributed by atoms with van der Waals surface area (Å²) in [5.74, 6) is 0.683. The van der Waals surface area contributed by atoms with Gasteiger partial charge in [-0.25, -0.2) is 13.4 Å². The van der Waals surface area contributed by atoms with Crippen LogP contribution in [0, 0.1) is 6.92 Å². The molecule has 1 aromatic heterocycles. The average Bonchev–Trinajstić information content (AvgIpc) is 2.62. The summed E-state index contributed by atoms with van der Waals surface area (Å²) in [5, 5.41) is 3.20. The highest BCUT2D eigenvalue weighted by molar-refractivity contribution is 7.92. The van der Waals surface area contributed by atoms with E-state index in [9.17, 15) is 8.42 Å². The Hall–Kier alpha value is -2.86. The molecule has 0 unspecified atom stereocenters. The first-order chi connectivity index (χ1) is 12.0. The summed E-state index contributed by atoms with van der Waals surface area (Å²) in [7, 11) is -3.62. The Morgan fingerprint density at radius 1 is 0.920 bits per heavy atom. The van der Waals surface area contributed by atoms with Gasteiger partial charge in [0, 0.05) is 6.54 Å². The molecule has 0 fully saturated rings. The normalized spacial score (nSPS) is 11.1. The lowest BCUT2D eigenvalue weighted by molar-refractivity contribution is 0.600. The van der Waals surface area contributed by atoms with Crippen molar-refractivity contribution in [1.82, 2.24) is 4.98 Å². The number of hydrogen-bond acceptors (Lipinski definition) is 4. The van der Waals surface area contributed by atoms with Crippen LogP contribution in [-0.2, 0) is 16.6 Å². The second-order valence-corrected chi connectivity index (χ2v) is 7.29. The van der Waals surface area contributed by atoms with Crippen LogP contribution in [0.5, 0.6) is 0 Å². The zero-order valence-electron chi connectivity index (χ0n) is 13.8. The molecule has 0 aliphatic carbocycles. The molecule has 0 bridgehead atoms. The van der Waals surface area contributed by atoms with Gasteiger partial charge in [0.25, 0.3) is 10.0 Å². The van der Waals surface area contributed by atoms with Crippen molar-refractivity contribution in [3.8, 4) is 0 Å². The van der Waals surface area contributed by atoms with Gasteiger partial charge in [-0.3, -0.25) is 4.72 Å². The molecule has 0 amide bonds. The number of rotatable bonds is 6. The van der Waals surface area contributed by atoms with Gasteiger partial charge in [-0.05, 0) is 36.2 Å². The van der Waals surface area contributed by atoms with Crippen LogP contribution in [0.4, 0.5) is 11.5 Å². The number of aryl methyl sites for hydroxylation is 1. The molecular weight excluding hydrogens is 334 g/mol. The van der Waals surface area contributed by atoms with Gasteiger partial charge in [-0.1, -0.05) is 48.5 Å². The summed E-state index contributed by atoms with van der Waals surface area (Å²) in [6.07, 6.45) is 1.50. The molecule has 3 rings (SSSR count). The van der Waals surface area contributed by atoms with Crippen LogP contribution in [0.25, 0.3) is 0 Å². The molecule has 0 aliphatic rings. The Morgan fingerprint density at radius 3 is 2.32 bits per heavy atom. The maximum atomic E-state index is 12.5. The van der Waals surface area contributed by atoms with Crippen LogP contribution in [0.15, 0.2) is 77.8 Å². The number of pyridine rings is 1. The fourth-order valence-electron chi connectivity index (χ4n) is 2.42. The number of sulfonamides is 1. The summed E-state index contributed by atoms with van der Waals surface area (Å²) in [4.78, 5) is 4.52. The highest BCUT2D eigenvalue weighted by atomic mass is 32.2. The Labute approximate surface area is 147 Å². The highest BCUT2D eigenvalue weighted by Gasteiger charge is 2.16. The Bertz CT molecular complexity index is 940. The summed E-state index contributed by atoms with van der Waals surface area (Å²) in [6, 6.07) is 20.3. The summed E-state index contributed by atoms with van der Waals surface area (Å²) in [5.41, 5.74) is 2.27. The average molecular weight is 353 g/mol. The Balaban J connectivity index is 1.67. The first kappa shape index (κ1) is 17.0. The van der Waals surface area contributed by atoms with E-state index in [4.69, 9.17) is 0 Å². The minimum Gasteiger partial charge on any atom is -0.366 e. The molecule has 0 spiro atoms. The van der Waals surface area contributed by atoms with Gasteiger partial charge in [-0.2, -0.15) is 0 Å². The van der Waals surface area contributed by atoms with Gasteiger partial charge in [0.2, 0.25) is 0 Å². The lowest BCUT2D eigenvalue weighted by Gasteiger charge is -2.11. The second-order valence-electron chi connectivity index (χ2n) is 5.64. The first-order valence-corrected chi connectivity index (χ1v) is 9.35. The lowest BCUT2D eigenvalue weighted by Crippen LogP contribution is -2.14. The van der Waals surface area contributed by atoms with Crippen molar-refractivity contribution in [3.05, 3.63) is 84.1 Å². The van der Waals surface area contributed by atoms with Gasteiger partial charge in [0.05, 0.1) is 16.8 Å². The fourth-order valence-corrected chi connectivity index (χ4v) is 3.71. The molecule has 2 aromatic carbocycles. The number of nitrogens with one attached hydrogen (secondary N) is 2. The molecular formula is C19H19N3O2S. The van der Waals surface area contributed by atoms with E-state index in [0.29, 0.717) is 23.6 Å². The minimum absolute atomic E-state index is 0.265. The third-order valence-electron chi connectivity index (χ3n) is 3.72. The molecule has 1 heterocycles. The number of hydrogen-bond donors (Lipinski definition) is 2. The van der Waals surface area contributed by atoms with Crippen molar-refractivity contribution in [1.29, 1.82) is 0 Å². The molecule has 128 valence electrons. The Morgan fingerprint density at radius 2 is 1.64 bits per heavy atom. The van der Waals surface area contributed by atoms with E-state index in [1.54, 1.807) is 37.3 Å². The van der Waals surface area contributed by atoms with Crippen molar-refractivity contribution < 1.29 is 8.42 Å². The van der Waals surface area contributed by atoms with Gasteiger partial charge in [0.15, 0.2) is 0 Å². The van der Waals surface area contributed by atoms with Crippen LogP contribution < -0.4 is 10.0 Å². The predicted octanol–water partition coefficient (Wildman–Crippen LogP) is 3.80. The van der Waals surface area contributed by atoms with Crippen molar-refractivity contribution in [2.75, 3.05) is 10.0 Å². The Kier molecular flexibility index (Phi) is 5.00. The second kappa shape index (κ2) is 7.36. The minimum atomic E-state index is -3.62. The summed E-state index contributed by atoms with van der Waals surface area (Å²) >= 11 is 0. The number of anilines is 2. The van der Waals surface area contributed by atoms with Crippen LogP contribution in [0.1, 0.15) is 11.1 Å². The van der Waals surface area contributed by atoms with E-state index in [2.05, 4.69) is 15.0 Å². The largest absolute Gasteiger partial charge is 0.366 e. The van der Waals surface area contributed by atoms with Gasteiger partial charge in [0.1, 0.15) is 5.82 Å². The fraction of sp³-hybridized carbons (Fsp3) is 0.105. The third kappa shape index (κ3) is 4.36. The summed E-state index contributed by atoms with van der Waals surface area (Å²) < 4.78 is 27.5. The van der Waals surface area contributed by atoms with Gasteiger partial charge in [-0.15, -0.1) is 0 Å². The standard InChI is InChI=1S/C19H19N3O2S/c1-15-7-5-6-10-18(15)25(23,24)22-17-11-12-19(21-14-17)20-13-16-8-3-2-4-9-16/h2-12,14,22H,13H2,1H3,(H,20,21). The maximum absolute atomic E-state index is 12.5. The van der Waals surface area contributed by atoms with Crippen LogP contribution >= 0.6 is 0 Å². The van der Waals surface area contributed by atoms with E-state index in [1.807, 2.05) is 36.4 Å². The molecule has 0 radical (unpaired) electrons. The lowest BCUT2D eigenvalue weighted by atomic mass is 10.2. The van der Waals surface area contributed by atoms with Crippen molar-refractivity contribution in [2.24, 2.45) is 0 Å². The van der Waals surface area contributed by atoms with Crippen molar-refractivity contribution in [3.63, 3.8) is 0 Å². The molecule has 0 aliphatic heterocycles. The molecule has 3 aromatic rings. The molecule has 0 saturated heterocycles. The van der Waals surface area contributed by atoms with E-state index in [-0.39, 0.29) is 4.90 Å². The van der Waals surface area contributed by atoms with E-state index >= 15 is 0 Å². The van der Waals surface area contributed by atoms with Crippen LogP contribution in [0.3, 0.4) is 0 Å². The topological polar surface area (TPSA) is 71.1 Å². The molecule has 5 nitrogen and oxygen atoms in total. The molecule has 25 heavy (non-hydrogen) atoms. The van der Waals surface area contributed by atoms with Crippen LogP contribution in [0.2, 0.25) is 0 Å². The smallest absolute Gasteiger partial charge is 0.262 e. The van der Waals surface area contributed by atoms with E-state index in [0.717, 1.165) is 5.56 Å². The molecule has 2 N–H and O–H groups in total. The van der Waals surface area contributed by atoms with Crippen molar-refractivity contribution >= 4 is 21.5 Å². The van der Waals surface area contributed by atoms with E-state index < -0.39 is 10.0 Å². The highest BCUT2D eigenvalue weighted by Crippen LogP contribution is 2.19. The predicted molar refractivity (Wildman–Crippen MR) is 100.0 cm³/mol. The van der Waals surface area contributed by atoms with Crippen LogP contribution in [-0.4, -0.2) is 13.4 Å². The van der Waals surface area contributed by atoms with Crippen molar-refractivity contribution in [2.45, 2.75) is 18.4 Å². The summed E-state index contributed by atoms with van der Waals surface area (Å²) in [6.45, 7) is 2.42. The number of benzene rings is 2. The quantitative estimate of drug-likeness (QED) is 0.707. The monoisotopic (exact) mass is 353 g/mol. The number of aromatic nitrogens is 1. The molecule has 0 saturated carbocycles. The maximum Gasteiger partial charge on any atom is 0.262 e. The SMILES string of the molecule is Cc1ccccc1S(=O)(=O)Nc1ccc(NCc2ccccc2)nc1. The van der Waals surface area contributed by atoms with E-state index in [1.165, 1.54) is 6.20 Å². The first-order valence-electron chi connectivity index (χ1n) is 7.87. The number of nitrogens with zero attached hydrogens (tertiary/aromatic N) is 1.